The zero-order chi connectivity index (χ0) is 18.0. The number of nitrogens with one attached hydrogen (secondary N) is 1. The summed E-state index contributed by atoms with van der Waals surface area (Å²) in [5, 5.41) is 3.76. The Balaban J connectivity index is 1.76. The fourth-order valence-corrected chi connectivity index (χ4v) is 3.30. The van der Waals surface area contributed by atoms with Crippen LogP contribution in [0.4, 0.5) is 10.5 Å². The molecular formula is C18H18Cl2N2O3. The van der Waals surface area contributed by atoms with Gasteiger partial charge in [-0.15, -0.1) is 0 Å². The minimum atomic E-state index is -0.204. The number of hydrogen-bond donors (Lipinski definition) is 1. The van der Waals surface area contributed by atoms with Gasteiger partial charge in [0.1, 0.15) is 0 Å². The Morgan fingerprint density at radius 1 is 1.08 bits per heavy atom. The van der Waals surface area contributed by atoms with Crippen molar-refractivity contribution in [3.63, 3.8) is 0 Å². The third-order valence-electron chi connectivity index (χ3n) is 4.18. The standard InChI is InChI=1S/C18H18Cl2N2O3/c1-24-16-7-11-5-6-22(10-12(11)8-17(16)25-2)18(23)21-15-4-3-13(19)9-14(15)20/h3-4,7-9H,5-6,10H2,1-2H3,(H,21,23). The van der Waals surface area contributed by atoms with Crippen molar-refractivity contribution in [2.45, 2.75) is 13.0 Å². The van der Waals surface area contributed by atoms with E-state index in [0.29, 0.717) is 40.3 Å². The van der Waals surface area contributed by atoms with Crippen LogP contribution in [0.25, 0.3) is 0 Å². The van der Waals surface area contributed by atoms with Gasteiger partial charge in [0.05, 0.1) is 24.9 Å². The fourth-order valence-electron chi connectivity index (χ4n) is 2.84. The Labute approximate surface area is 156 Å². The third kappa shape index (κ3) is 3.78. The quantitative estimate of drug-likeness (QED) is 0.846. The molecule has 5 nitrogen and oxygen atoms in total. The predicted octanol–water partition coefficient (Wildman–Crippen LogP) is 4.60. The zero-order valence-electron chi connectivity index (χ0n) is 13.9. The Bertz CT molecular complexity index is 811. The highest BCUT2D eigenvalue weighted by molar-refractivity contribution is 6.36. The number of carbonyl (C=O) groups excluding carboxylic acids is 1. The molecule has 0 aliphatic carbocycles. The largest absolute Gasteiger partial charge is 0.493 e. The summed E-state index contributed by atoms with van der Waals surface area (Å²) in [5.74, 6) is 1.36. The number of rotatable bonds is 3. The maximum absolute atomic E-state index is 12.6. The number of urea groups is 1. The van der Waals surface area contributed by atoms with Crippen LogP contribution in [0.1, 0.15) is 11.1 Å². The molecule has 0 atom stereocenters. The van der Waals surface area contributed by atoms with Crippen LogP contribution in [-0.2, 0) is 13.0 Å². The van der Waals surface area contributed by atoms with Gasteiger partial charge in [0.2, 0.25) is 0 Å². The highest BCUT2D eigenvalue weighted by Gasteiger charge is 2.23. The SMILES string of the molecule is COc1cc2c(cc1OC)CN(C(=O)Nc1ccc(Cl)cc1Cl)CC2. The molecule has 2 aromatic rings. The lowest BCUT2D eigenvalue weighted by Crippen LogP contribution is -2.38. The van der Waals surface area contributed by atoms with E-state index in [4.69, 9.17) is 32.7 Å². The molecule has 0 aromatic heterocycles. The van der Waals surface area contributed by atoms with Gasteiger partial charge in [0.25, 0.3) is 0 Å². The first-order valence-corrected chi connectivity index (χ1v) is 8.52. The van der Waals surface area contributed by atoms with E-state index >= 15 is 0 Å². The van der Waals surface area contributed by atoms with Crippen molar-refractivity contribution in [1.82, 2.24) is 4.90 Å². The van der Waals surface area contributed by atoms with Crippen LogP contribution in [0.3, 0.4) is 0 Å². The minimum Gasteiger partial charge on any atom is -0.493 e. The molecule has 0 fully saturated rings. The number of halogens is 2. The van der Waals surface area contributed by atoms with E-state index in [9.17, 15) is 4.79 Å². The molecule has 1 heterocycles. The first-order valence-electron chi connectivity index (χ1n) is 7.76. The van der Waals surface area contributed by atoms with Crippen molar-refractivity contribution in [2.24, 2.45) is 0 Å². The van der Waals surface area contributed by atoms with Gasteiger partial charge in [-0.05, 0) is 47.9 Å². The normalized spacial score (nSPS) is 13.2. The number of nitrogens with zero attached hydrogens (tertiary/aromatic N) is 1. The van der Waals surface area contributed by atoms with Crippen LogP contribution in [0.15, 0.2) is 30.3 Å². The predicted molar refractivity (Wildman–Crippen MR) is 99.1 cm³/mol. The second-order valence-electron chi connectivity index (χ2n) is 5.70. The molecule has 3 rings (SSSR count). The molecule has 0 bridgehead atoms. The molecule has 0 unspecified atom stereocenters. The average Bonchev–Trinajstić information content (AvgIpc) is 2.62. The van der Waals surface area contributed by atoms with E-state index in [1.54, 1.807) is 37.3 Å². The molecule has 0 radical (unpaired) electrons. The van der Waals surface area contributed by atoms with E-state index in [-0.39, 0.29) is 6.03 Å². The van der Waals surface area contributed by atoms with Crippen LogP contribution < -0.4 is 14.8 Å². The highest BCUT2D eigenvalue weighted by atomic mass is 35.5. The average molecular weight is 381 g/mol. The molecular weight excluding hydrogens is 363 g/mol. The van der Waals surface area contributed by atoms with Gasteiger partial charge in [-0.1, -0.05) is 23.2 Å². The maximum Gasteiger partial charge on any atom is 0.322 e. The second kappa shape index (κ2) is 7.42. The molecule has 132 valence electrons. The Morgan fingerprint density at radius 2 is 1.76 bits per heavy atom. The highest BCUT2D eigenvalue weighted by Crippen LogP contribution is 2.33. The summed E-state index contributed by atoms with van der Waals surface area (Å²) >= 11 is 12.0. The van der Waals surface area contributed by atoms with Crippen LogP contribution in [0.2, 0.25) is 10.0 Å². The molecule has 25 heavy (non-hydrogen) atoms. The first-order chi connectivity index (χ1) is 12.0. The lowest BCUT2D eigenvalue weighted by atomic mass is 9.99. The number of ether oxygens (including phenoxy) is 2. The van der Waals surface area contributed by atoms with Crippen molar-refractivity contribution in [1.29, 1.82) is 0 Å². The number of amides is 2. The lowest BCUT2D eigenvalue weighted by molar-refractivity contribution is 0.206. The van der Waals surface area contributed by atoms with Gasteiger partial charge in [0.15, 0.2) is 11.5 Å². The van der Waals surface area contributed by atoms with E-state index in [0.717, 1.165) is 17.5 Å². The van der Waals surface area contributed by atoms with Gasteiger partial charge >= 0.3 is 6.03 Å². The van der Waals surface area contributed by atoms with E-state index < -0.39 is 0 Å². The summed E-state index contributed by atoms with van der Waals surface area (Å²) in [4.78, 5) is 14.3. The molecule has 0 saturated carbocycles. The molecule has 7 heteroatoms. The van der Waals surface area contributed by atoms with Crippen LogP contribution in [0.5, 0.6) is 11.5 Å². The van der Waals surface area contributed by atoms with Crippen molar-refractivity contribution in [2.75, 3.05) is 26.1 Å². The van der Waals surface area contributed by atoms with Crippen molar-refractivity contribution >= 4 is 34.9 Å². The Morgan fingerprint density at radius 3 is 2.40 bits per heavy atom. The number of hydrogen-bond acceptors (Lipinski definition) is 3. The summed E-state index contributed by atoms with van der Waals surface area (Å²) in [6.45, 7) is 1.10. The molecule has 2 aromatic carbocycles. The number of methoxy groups -OCH3 is 2. The molecule has 1 aliphatic heterocycles. The number of fused-ring (bicyclic) bond motifs is 1. The van der Waals surface area contributed by atoms with Gasteiger partial charge < -0.3 is 19.7 Å². The van der Waals surface area contributed by atoms with Gasteiger partial charge in [0, 0.05) is 18.1 Å². The molecule has 1 aliphatic rings. The Kier molecular flexibility index (Phi) is 5.25. The van der Waals surface area contributed by atoms with Crippen LogP contribution in [0, 0.1) is 0 Å². The number of carbonyl (C=O) groups is 1. The number of anilines is 1. The topological polar surface area (TPSA) is 50.8 Å². The molecule has 0 spiro atoms. The zero-order valence-corrected chi connectivity index (χ0v) is 15.4. The van der Waals surface area contributed by atoms with Crippen LogP contribution >= 0.6 is 23.2 Å². The second-order valence-corrected chi connectivity index (χ2v) is 6.55. The fraction of sp³-hybridized carbons (Fsp3) is 0.278. The third-order valence-corrected chi connectivity index (χ3v) is 4.73. The molecule has 0 saturated heterocycles. The molecule has 1 N–H and O–H groups in total. The van der Waals surface area contributed by atoms with Crippen molar-refractivity contribution < 1.29 is 14.3 Å². The van der Waals surface area contributed by atoms with E-state index in [1.165, 1.54) is 0 Å². The monoisotopic (exact) mass is 380 g/mol. The van der Waals surface area contributed by atoms with Crippen molar-refractivity contribution in [3.8, 4) is 11.5 Å². The lowest BCUT2D eigenvalue weighted by Gasteiger charge is -2.29. The summed E-state index contributed by atoms with van der Waals surface area (Å²) in [6, 6.07) is 8.66. The van der Waals surface area contributed by atoms with Gasteiger partial charge in [-0.3, -0.25) is 0 Å². The molecule has 2 amide bonds. The number of benzene rings is 2. The maximum atomic E-state index is 12.6. The summed E-state index contributed by atoms with van der Waals surface area (Å²) in [5.41, 5.74) is 2.74. The van der Waals surface area contributed by atoms with Gasteiger partial charge in [-0.25, -0.2) is 4.79 Å². The van der Waals surface area contributed by atoms with Gasteiger partial charge in [-0.2, -0.15) is 0 Å². The Hall–Kier alpha value is -2.11. The van der Waals surface area contributed by atoms with E-state index in [2.05, 4.69) is 5.32 Å². The van der Waals surface area contributed by atoms with Crippen molar-refractivity contribution in [3.05, 3.63) is 51.5 Å². The summed E-state index contributed by atoms with van der Waals surface area (Å²) in [7, 11) is 3.21. The summed E-state index contributed by atoms with van der Waals surface area (Å²) in [6.07, 6.45) is 0.747. The van der Waals surface area contributed by atoms with Crippen LogP contribution in [-0.4, -0.2) is 31.7 Å². The first kappa shape index (κ1) is 17.7. The smallest absolute Gasteiger partial charge is 0.322 e. The van der Waals surface area contributed by atoms with E-state index in [1.807, 2.05) is 12.1 Å². The minimum absolute atomic E-state index is 0.204. The summed E-state index contributed by atoms with van der Waals surface area (Å²) < 4.78 is 10.7.